The summed E-state index contributed by atoms with van der Waals surface area (Å²) in [5, 5.41) is 23.3. The van der Waals surface area contributed by atoms with Crippen LogP contribution in [0.25, 0.3) is 0 Å². The minimum absolute atomic E-state index is 0.0432. The molecule has 0 aliphatic rings. The summed E-state index contributed by atoms with van der Waals surface area (Å²) in [6, 6.07) is 21.1. The number of non-ortho nitro benzene ring substituents is 2. The van der Waals surface area contributed by atoms with E-state index in [0.717, 1.165) is 23.6 Å². The Morgan fingerprint density at radius 3 is 1.52 bits per heavy atom. The van der Waals surface area contributed by atoms with E-state index in [9.17, 15) is 29.8 Å². The van der Waals surface area contributed by atoms with Crippen molar-refractivity contribution < 1.29 is 28.9 Å². The fourth-order valence-electron chi connectivity index (χ4n) is 3.05. The number of benzene rings is 4. The van der Waals surface area contributed by atoms with E-state index in [1.54, 1.807) is 43.5 Å². The predicted molar refractivity (Wildman–Crippen MR) is 181 cm³/mol. The lowest BCUT2D eigenvalue weighted by Crippen LogP contribution is -2.12. The highest BCUT2D eigenvalue weighted by molar-refractivity contribution is 6.68. The normalized spacial score (nSPS) is 9.46. The van der Waals surface area contributed by atoms with Crippen molar-refractivity contribution in [1.29, 1.82) is 0 Å². The number of nitro groups is 2. The molecule has 4 rings (SSSR count). The molecule has 244 valence electrons. The standard InChI is InChI=1S/C14H11ClN2O4.C7H3Cl2NO3.C7H9NO.CH2Cl2/c1-21-11-5-2-9(3-6-11)16-14(18)12-8-10(17(19)20)4-7-13(12)15;8-6-2-1-4(10(12)13)3-5(6)7(9)11;1-9-7-4-2-6(8)3-5-7;2-1-3/h2-8H,1H3,(H,16,18);1-3H;2-5H,8H2,1H3;1H2. The minimum atomic E-state index is -0.811. The van der Waals surface area contributed by atoms with Crippen LogP contribution in [0.3, 0.4) is 0 Å². The summed E-state index contributed by atoms with van der Waals surface area (Å²) in [7, 11) is 3.17. The van der Waals surface area contributed by atoms with Gasteiger partial charge in [0.2, 0.25) is 0 Å². The lowest BCUT2D eigenvalue weighted by Gasteiger charge is -2.07. The Labute approximate surface area is 288 Å². The summed E-state index contributed by atoms with van der Waals surface area (Å²) in [6.07, 6.45) is 0. The molecule has 17 heteroatoms. The molecule has 0 saturated carbocycles. The van der Waals surface area contributed by atoms with Gasteiger partial charge in [0, 0.05) is 35.6 Å². The van der Waals surface area contributed by atoms with E-state index in [1.165, 1.54) is 31.4 Å². The Balaban J connectivity index is 0.000000360. The number of halogens is 5. The molecule has 12 nitrogen and oxygen atoms in total. The molecule has 0 bridgehead atoms. The van der Waals surface area contributed by atoms with Crippen LogP contribution < -0.4 is 20.5 Å². The van der Waals surface area contributed by atoms with Crippen molar-refractivity contribution in [3.05, 3.63) is 126 Å². The number of ether oxygens (including phenoxy) is 2. The largest absolute Gasteiger partial charge is 0.497 e. The number of carbonyl (C=O) groups excluding carboxylic acids is 2. The molecule has 46 heavy (non-hydrogen) atoms. The molecule has 0 aromatic heterocycles. The molecule has 0 unspecified atom stereocenters. The Hall–Kier alpha value is -4.33. The van der Waals surface area contributed by atoms with E-state index >= 15 is 0 Å². The highest BCUT2D eigenvalue weighted by Crippen LogP contribution is 2.25. The van der Waals surface area contributed by atoms with Gasteiger partial charge in [-0.1, -0.05) is 23.2 Å². The lowest BCUT2D eigenvalue weighted by atomic mass is 10.2. The maximum absolute atomic E-state index is 12.1. The van der Waals surface area contributed by atoms with E-state index in [1.807, 2.05) is 12.1 Å². The summed E-state index contributed by atoms with van der Waals surface area (Å²) >= 11 is 26.1. The van der Waals surface area contributed by atoms with Gasteiger partial charge in [0.15, 0.2) is 0 Å². The van der Waals surface area contributed by atoms with Gasteiger partial charge in [-0.15, -0.1) is 23.2 Å². The van der Waals surface area contributed by atoms with Gasteiger partial charge in [0.05, 0.1) is 50.6 Å². The fraction of sp³-hybridized carbons (Fsp3) is 0.103. The van der Waals surface area contributed by atoms with E-state index in [-0.39, 0.29) is 37.9 Å². The number of hydrogen-bond acceptors (Lipinski definition) is 9. The summed E-state index contributed by atoms with van der Waals surface area (Å²) < 4.78 is 9.92. The van der Waals surface area contributed by atoms with Crippen molar-refractivity contribution in [3.8, 4) is 11.5 Å². The topological polar surface area (TPSA) is 177 Å². The second-order valence-corrected chi connectivity index (χ2v) is 10.1. The molecular formula is C29H25Cl5N4O8. The molecule has 0 saturated heterocycles. The number of anilines is 2. The number of hydrogen-bond donors (Lipinski definition) is 2. The highest BCUT2D eigenvalue weighted by atomic mass is 35.5. The number of nitro benzene ring substituents is 2. The van der Waals surface area contributed by atoms with Crippen LogP contribution in [0, 0.1) is 20.2 Å². The quantitative estimate of drug-likeness (QED) is 0.0617. The number of amides is 1. The third kappa shape index (κ3) is 13.8. The van der Waals surface area contributed by atoms with E-state index in [0.29, 0.717) is 11.4 Å². The number of carbonyl (C=O) groups is 2. The number of nitrogens with two attached hydrogens (primary N) is 1. The Morgan fingerprint density at radius 2 is 1.13 bits per heavy atom. The van der Waals surface area contributed by atoms with E-state index in [2.05, 4.69) is 5.32 Å². The first-order valence-corrected chi connectivity index (χ1v) is 14.5. The average molecular weight is 735 g/mol. The van der Waals surface area contributed by atoms with Gasteiger partial charge in [-0.05, 0) is 72.3 Å². The molecule has 0 spiro atoms. The minimum Gasteiger partial charge on any atom is -0.497 e. The van der Waals surface area contributed by atoms with Gasteiger partial charge < -0.3 is 20.5 Å². The van der Waals surface area contributed by atoms with Crippen molar-refractivity contribution in [3.63, 3.8) is 0 Å². The Bertz CT molecular complexity index is 1630. The monoisotopic (exact) mass is 732 g/mol. The third-order valence-corrected chi connectivity index (χ3v) is 6.10. The van der Waals surface area contributed by atoms with Gasteiger partial charge >= 0.3 is 0 Å². The van der Waals surface area contributed by atoms with Gasteiger partial charge in [-0.25, -0.2) is 0 Å². The molecule has 4 aromatic rings. The molecule has 4 aromatic carbocycles. The fourth-order valence-corrected chi connectivity index (χ4v) is 3.67. The zero-order valence-electron chi connectivity index (χ0n) is 23.9. The smallest absolute Gasteiger partial charge is 0.270 e. The van der Waals surface area contributed by atoms with Gasteiger partial charge in [-0.3, -0.25) is 29.8 Å². The first kappa shape index (κ1) is 39.7. The number of alkyl halides is 2. The Kier molecular flexibility index (Phi) is 17.8. The maximum atomic E-state index is 12.1. The first-order valence-electron chi connectivity index (χ1n) is 12.3. The number of nitrogens with zero attached hydrogens (tertiary/aromatic N) is 2. The van der Waals surface area contributed by atoms with E-state index in [4.69, 9.17) is 73.2 Å². The molecule has 0 radical (unpaired) electrons. The van der Waals surface area contributed by atoms with Gasteiger partial charge in [0.1, 0.15) is 11.5 Å². The van der Waals surface area contributed by atoms with Crippen molar-refractivity contribution in [2.45, 2.75) is 0 Å². The van der Waals surface area contributed by atoms with Gasteiger partial charge in [0.25, 0.3) is 22.5 Å². The molecule has 0 fully saturated rings. The van der Waals surface area contributed by atoms with Crippen LogP contribution in [-0.4, -0.2) is 40.6 Å². The number of nitrogen functional groups attached to an aromatic ring is 1. The molecular weight excluding hydrogens is 710 g/mol. The second kappa shape index (κ2) is 20.7. The summed E-state index contributed by atoms with van der Waals surface area (Å²) in [4.78, 5) is 42.6. The molecule has 3 N–H and O–H groups in total. The van der Waals surface area contributed by atoms with Crippen LogP contribution in [0.2, 0.25) is 10.0 Å². The van der Waals surface area contributed by atoms with E-state index < -0.39 is 21.0 Å². The van der Waals surface area contributed by atoms with Crippen molar-refractivity contribution in [1.82, 2.24) is 0 Å². The molecule has 1 amide bonds. The van der Waals surface area contributed by atoms with Crippen molar-refractivity contribution in [2.75, 3.05) is 30.6 Å². The van der Waals surface area contributed by atoms with Crippen LogP contribution >= 0.6 is 58.0 Å². The first-order chi connectivity index (χ1) is 21.8. The van der Waals surface area contributed by atoms with Crippen LogP contribution in [-0.2, 0) is 0 Å². The second-order valence-electron chi connectivity index (χ2n) is 8.17. The predicted octanol–water partition coefficient (Wildman–Crippen LogP) is 8.84. The maximum Gasteiger partial charge on any atom is 0.270 e. The van der Waals surface area contributed by atoms with Crippen LogP contribution in [0.1, 0.15) is 20.7 Å². The summed E-state index contributed by atoms with van der Waals surface area (Å²) in [5.74, 6) is 0.972. The molecule has 0 heterocycles. The lowest BCUT2D eigenvalue weighted by molar-refractivity contribution is -0.385. The van der Waals surface area contributed by atoms with Crippen molar-refractivity contribution >= 4 is 91.9 Å². The Morgan fingerprint density at radius 1 is 0.739 bits per heavy atom. The zero-order valence-corrected chi connectivity index (χ0v) is 27.7. The van der Waals surface area contributed by atoms with Crippen LogP contribution in [0.5, 0.6) is 11.5 Å². The summed E-state index contributed by atoms with van der Waals surface area (Å²) in [6.45, 7) is 0. The average Bonchev–Trinajstić information content (AvgIpc) is 3.03. The SMILES string of the molecule is COc1ccc(N)cc1.COc1ccc(NC(=O)c2cc([N+](=O)[O-])ccc2Cl)cc1.ClCCl.O=C(Cl)c1cc([N+](=O)[O-])ccc1Cl. The number of rotatable bonds is 7. The van der Waals surface area contributed by atoms with Crippen LogP contribution in [0.15, 0.2) is 84.9 Å². The third-order valence-electron chi connectivity index (χ3n) is 5.24. The molecule has 0 atom stereocenters. The van der Waals surface area contributed by atoms with Crippen LogP contribution in [0.4, 0.5) is 22.7 Å². The zero-order chi connectivity index (χ0) is 34.8. The molecule has 0 aliphatic carbocycles. The number of nitrogens with one attached hydrogen (secondary N) is 1. The molecule has 0 aliphatic heterocycles. The van der Waals surface area contributed by atoms with Gasteiger partial charge in [-0.2, -0.15) is 0 Å². The number of methoxy groups -OCH3 is 2. The highest BCUT2D eigenvalue weighted by Gasteiger charge is 2.16. The van der Waals surface area contributed by atoms with Crippen molar-refractivity contribution in [2.24, 2.45) is 0 Å². The summed E-state index contributed by atoms with van der Waals surface area (Å²) in [5.41, 5.74) is 6.29.